The quantitative estimate of drug-likeness (QED) is 0.436. The summed E-state index contributed by atoms with van der Waals surface area (Å²) in [4.78, 5) is 21.4. The first-order valence-corrected chi connectivity index (χ1v) is 12.6. The molecule has 2 aliphatic heterocycles. The molecule has 0 radical (unpaired) electrons. The summed E-state index contributed by atoms with van der Waals surface area (Å²) in [6, 6.07) is 16.1. The normalized spacial score (nSPS) is 16.9. The third-order valence-electron chi connectivity index (χ3n) is 6.87. The maximum atomic E-state index is 13.5. The van der Waals surface area contributed by atoms with Gasteiger partial charge in [0, 0.05) is 32.2 Å². The molecule has 1 N–H and O–H groups in total. The van der Waals surface area contributed by atoms with Gasteiger partial charge >= 0.3 is 12.2 Å². The van der Waals surface area contributed by atoms with Gasteiger partial charge in [-0.05, 0) is 55.8 Å². The number of carbonyl (C=O) groups is 1. The Bertz CT molecular complexity index is 1420. The third-order valence-corrected chi connectivity index (χ3v) is 6.87. The smallest absolute Gasteiger partial charge is 0.416 e. The number of ether oxygens (including phenoxy) is 2. The van der Waals surface area contributed by atoms with Crippen molar-refractivity contribution in [2.45, 2.75) is 32.6 Å². The fourth-order valence-electron chi connectivity index (χ4n) is 4.85. The highest BCUT2D eigenvalue weighted by atomic mass is 19.4. The number of carbonyl (C=O) groups excluding carboxylic acids is 1. The van der Waals surface area contributed by atoms with E-state index in [2.05, 4.69) is 10.3 Å². The highest BCUT2D eigenvalue weighted by Gasteiger charge is 2.34. The van der Waals surface area contributed by atoms with E-state index >= 15 is 0 Å². The summed E-state index contributed by atoms with van der Waals surface area (Å²) in [6.07, 6.45) is -4.51. The first-order valence-electron chi connectivity index (χ1n) is 12.6. The van der Waals surface area contributed by atoms with Gasteiger partial charge in [-0.25, -0.2) is 9.79 Å². The Morgan fingerprint density at radius 3 is 2.62 bits per heavy atom. The van der Waals surface area contributed by atoms with E-state index < -0.39 is 11.7 Å². The van der Waals surface area contributed by atoms with Crippen LogP contribution in [0.3, 0.4) is 0 Å². The zero-order valence-electron chi connectivity index (χ0n) is 21.9. The number of piperazine rings is 1. The van der Waals surface area contributed by atoms with Crippen molar-refractivity contribution >= 4 is 17.6 Å². The Balaban J connectivity index is 1.41. The Morgan fingerprint density at radius 1 is 1.10 bits per heavy atom. The lowest BCUT2D eigenvalue weighted by Gasteiger charge is -2.41. The van der Waals surface area contributed by atoms with E-state index in [1.54, 1.807) is 23.1 Å². The molecular formula is C29H29F3N4O3. The minimum Gasteiger partial charge on any atom is -0.497 e. The number of amidine groups is 1. The lowest BCUT2D eigenvalue weighted by molar-refractivity contribution is -0.137. The Labute approximate surface area is 224 Å². The van der Waals surface area contributed by atoms with E-state index in [9.17, 15) is 18.0 Å². The van der Waals surface area contributed by atoms with Crippen molar-refractivity contribution in [3.8, 4) is 17.2 Å². The maximum Gasteiger partial charge on any atom is 0.416 e. The van der Waals surface area contributed by atoms with Crippen molar-refractivity contribution in [1.82, 2.24) is 15.1 Å². The van der Waals surface area contributed by atoms with Gasteiger partial charge in [-0.2, -0.15) is 13.2 Å². The highest BCUT2D eigenvalue weighted by molar-refractivity contribution is 6.04. The van der Waals surface area contributed by atoms with Crippen molar-refractivity contribution in [3.63, 3.8) is 0 Å². The minimum absolute atomic E-state index is 0.0842. The molecule has 0 saturated carbocycles. The van der Waals surface area contributed by atoms with Crippen molar-refractivity contribution in [2.75, 3.05) is 26.7 Å². The van der Waals surface area contributed by atoms with Crippen LogP contribution in [0.4, 0.5) is 23.7 Å². The predicted molar refractivity (Wildman–Crippen MR) is 142 cm³/mol. The van der Waals surface area contributed by atoms with Gasteiger partial charge in [0.1, 0.15) is 23.0 Å². The summed E-state index contributed by atoms with van der Waals surface area (Å²) in [5.41, 5.74) is 2.02. The van der Waals surface area contributed by atoms with Gasteiger partial charge in [0.2, 0.25) is 0 Å². The molecule has 0 unspecified atom stereocenters. The van der Waals surface area contributed by atoms with E-state index in [4.69, 9.17) is 9.47 Å². The number of aliphatic imine (C=N–C) groups is 1. The average Bonchev–Trinajstić information content (AvgIpc) is 3.07. The number of alkyl halides is 3. The molecule has 2 aliphatic rings. The van der Waals surface area contributed by atoms with Crippen LogP contribution in [0.1, 0.15) is 29.2 Å². The monoisotopic (exact) mass is 538 g/mol. The van der Waals surface area contributed by atoms with E-state index in [1.165, 1.54) is 13.2 Å². The van der Waals surface area contributed by atoms with E-state index in [1.807, 2.05) is 43.0 Å². The van der Waals surface area contributed by atoms with Crippen LogP contribution in [-0.4, -0.2) is 54.5 Å². The van der Waals surface area contributed by atoms with Crippen LogP contribution in [-0.2, 0) is 12.7 Å². The Morgan fingerprint density at radius 2 is 1.90 bits per heavy atom. The fourth-order valence-corrected chi connectivity index (χ4v) is 4.85. The van der Waals surface area contributed by atoms with E-state index in [0.717, 1.165) is 23.3 Å². The summed E-state index contributed by atoms with van der Waals surface area (Å²) in [7, 11) is 1.54. The maximum absolute atomic E-state index is 13.5. The number of hydrogen-bond acceptors (Lipinski definition) is 5. The number of rotatable bonds is 3. The zero-order chi connectivity index (χ0) is 27.7. The lowest BCUT2D eigenvalue weighted by atomic mass is 10.1. The van der Waals surface area contributed by atoms with Gasteiger partial charge < -0.3 is 24.6 Å². The first-order chi connectivity index (χ1) is 18.6. The summed E-state index contributed by atoms with van der Waals surface area (Å²) >= 11 is 0. The van der Waals surface area contributed by atoms with Gasteiger partial charge in [0.15, 0.2) is 5.75 Å². The molecule has 204 valence electrons. The molecule has 2 amide bonds. The fraction of sp³-hybridized carbons (Fsp3) is 0.310. The van der Waals surface area contributed by atoms with Crippen LogP contribution in [0.5, 0.6) is 17.2 Å². The molecule has 0 spiro atoms. The lowest BCUT2D eigenvalue weighted by Crippen LogP contribution is -2.57. The number of aryl methyl sites for hydroxylation is 1. The molecule has 0 aliphatic carbocycles. The molecule has 10 heteroatoms. The number of methoxy groups -OCH3 is 1. The van der Waals surface area contributed by atoms with Gasteiger partial charge in [-0.15, -0.1) is 0 Å². The predicted octanol–water partition coefficient (Wildman–Crippen LogP) is 6.12. The number of nitrogens with one attached hydrogen (secondary N) is 1. The summed E-state index contributed by atoms with van der Waals surface area (Å²) in [5.74, 6) is 1.72. The van der Waals surface area contributed by atoms with E-state index in [0.29, 0.717) is 49.1 Å². The summed E-state index contributed by atoms with van der Waals surface area (Å²) in [6.45, 7) is 5.64. The van der Waals surface area contributed by atoms with Crippen molar-refractivity contribution < 1.29 is 27.4 Å². The van der Waals surface area contributed by atoms with Gasteiger partial charge in [-0.3, -0.25) is 0 Å². The summed E-state index contributed by atoms with van der Waals surface area (Å²) in [5, 5.41) is 2.99. The molecule has 7 nitrogen and oxygen atoms in total. The van der Waals surface area contributed by atoms with E-state index in [-0.39, 0.29) is 23.5 Å². The second kappa shape index (κ2) is 10.5. The summed E-state index contributed by atoms with van der Waals surface area (Å²) < 4.78 is 51.8. The van der Waals surface area contributed by atoms with Crippen LogP contribution >= 0.6 is 0 Å². The molecule has 1 atom stereocenters. The number of hydrogen-bond donors (Lipinski definition) is 1. The van der Waals surface area contributed by atoms with Crippen molar-refractivity contribution in [2.24, 2.45) is 4.99 Å². The molecule has 1 fully saturated rings. The molecular weight excluding hydrogens is 509 g/mol. The third kappa shape index (κ3) is 5.64. The van der Waals surface area contributed by atoms with Crippen LogP contribution < -0.4 is 14.8 Å². The molecule has 1 saturated heterocycles. The number of benzene rings is 3. The molecule has 2 heterocycles. The van der Waals surface area contributed by atoms with Crippen LogP contribution in [0.2, 0.25) is 0 Å². The molecule has 0 bridgehead atoms. The average molecular weight is 539 g/mol. The van der Waals surface area contributed by atoms with Crippen molar-refractivity contribution in [1.29, 1.82) is 0 Å². The number of nitrogens with zero attached hydrogens (tertiary/aromatic N) is 3. The molecule has 39 heavy (non-hydrogen) atoms. The Hall–Kier alpha value is -4.21. The molecule has 5 rings (SSSR count). The van der Waals surface area contributed by atoms with Gasteiger partial charge in [0.05, 0.1) is 18.2 Å². The number of urea groups is 1. The van der Waals surface area contributed by atoms with Crippen LogP contribution in [0, 0.1) is 6.92 Å². The Kier molecular flexibility index (Phi) is 7.12. The molecule has 3 aromatic rings. The largest absolute Gasteiger partial charge is 0.497 e. The van der Waals surface area contributed by atoms with Crippen LogP contribution in [0.15, 0.2) is 65.7 Å². The standard InChI is InChI=1S/C29H29F3N4O3/c1-18-5-4-6-20(13-18)16-33-28(37)36-12-11-35(17-19(36)2)27-23-15-22(38-3)8-10-25(23)39-26-9-7-21(29(30,31)32)14-24(26)34-27/h4-10,13-15,19H,11-12,16-17H2,1-3H3,(H,33,37)/t19-/m1/s1. The number of amides is 2. The SMILES string of the molecule is COc1ccc2c(c1)C(N1CCN(C(=O)NCc3cccc(C)c3)[C@H](C)C1)=Nc1cc(C(F)(F)F)ccc1O2. The molecule has 3 aromatic carbocycles. The highest BCUT2D eigenvalue weighted by Crippen LogP contribution is 2.42. The van der Waals surface area contributed by atoms with Crippen LogP contribution in [0.25, 0.3) is 0 Å². The second-order valence-corrected chi connectivity index (χ2v) is 9.72. The number of fused-ring (bicyclic) bond motifs is 2. The second-order valence-electron chi connectivity index (χ2n) is 9.72. The minimum atomic E-state index is -4.51. The zero-order valence-corrected chi connectivity index (χ0v) is 21.9. The van der Waals surface area contributed by atoms with Gasteiger partial charge in [-0.1, -0.05) is 29.8 Å². The first kappa shape index (κ1) is 26.4. The topological polar surface area (TPSA) is 66.4 Å². The number of halogens is 3. The van der Waals surface area contributed by atoms with Gasteiger partial charge in [0.25, 0.3) is 0 Å². The van der Waals surface area contributed by atoms with Crippen molar-refractivity contribution in [3.05, 3.63) is 82.9 Å². The molecule has 0 aromatic heterocycles.